The van der Waals surface area contributed by atoms with Crippen LogP contribution in [0.15, 0.2) is 30.3 Å². The Balaban J connectivity index is 1.22. The Morgan fingerprint density at radius 3 is 2.50 bits per heavy atom. The molecule has 0 aliphatic carbocycles. The van der Waals surface area contributed by atoms with Crippen LogP contribution in [0.4, 0.5) is 0 Å². The third-order valence-corrected chi connectivity index (χ3v) is 5.69. The second-order valence-corrected chi connectivity index (χ2v) is 7.58. The number of aryl methyl sites for hydroxylation is 1. The normalized spacial score (nSPS) is 22.9. The molecule has 2 aliphatic heterocycles. The lowest BCUT2D eigenvalue weighted by molar-refractivity contribution is 0.111. The van der Waals surface area contributed by atoms with Crippen LogP contribution in [0.2, 0.25) is 0 Å². The van der Waals surface area contributed by atoms with Crippen molar-refractivity contribution < 1.29 is 0 Å². The van der Waals surface area contributed by atoms with E-state index in [1.165, 1.54) is 51.1 Å². The van der Waals surface area contributed by atoms with Crippen LogP contribution in [0.5, 0.6) is 0 Å². The summed E-state index contributed by atoms with van der Waals surface area (Å²) in [5, 5.41) is 7.39. The lowest BCUT2D eigenvalue weighted by atomic mass is 10.2. The van der Waals surface area contributed by atoms with E-state index >= 15 is 0 Å². The van der Waals surface area contributed by atoms with Gasteiger partial charge in [-0.05, 0) is 31.9 Å². The molecule has 0 radical (unpaired) electrons. The molecule has 6 heteroatoms. The van der Waals surface area contributed by atoms with E-state index in [1.54, 1.807) is 0 Å². The van der Waals surface area contributed by atoms with E-state index in [0.29, 0.717) is 6.04 Å². The van der Waals surface area contributed by atoms with Gasteiger partial charge in [-0.3, -0.25) is 19.8 Å². The van der Waals surface area contributed by atoms with Crippen LogP contribution in [0.25, 0.3) is 0 Å². The van der Waals surface area contributed by atoms with Crippen molar-refractivity contribution in [3.05, 3.63) is 47.5 Å². The van der Waals surface area contributed by atoms with Gasteiger partial charge in [-0.15, -0.1) is 0 Å². The fraction of sp³-hybridized carbons (Fsp3) is 0.600. The van der Waals surface area contributed by atoms with Gasteiger partial charge in [-0.2, -0.15) is 5.10 Å². The largest absolute Gasteiger partial charge is 0.300 e. The van der Waals surface area contributed by atoms with E-state index < -0.39 is 0 Å². The smallest absolute Gasteiger partial charge is 0.167 e. The van der Waals surface area contributed by atoms with Crippen molar-refractivity contribution in [2.45, 2.75) is 32.4 Å². The molecule has 0 saturated carbocycles. The molecular weight excluding hydrogens is 324 g/mol. The minimum atomic E-state index is 0.402. The first kappa shape index (κ1) is 17.6. The number of H-pyrrole nitrogens is 1. The van der Waals surface area contributed by atoms with Crippen LogP contribution >= 0.6 is 0 Å². The summed E-state index contributed by atoms with van der Waals surface area (Å²) in [7, 11) is 0. The first-order valence-corrected chi connectivity index (χ1v) is 9.89. The highest BCUT2D eigenvalue weighted by Gasteiger charge is 2.29. The number of hydrogen-bond acceptors (Lipinski definition) is 5. The fourth-order valence-electron chi connectivity index (χ4n) is 4.18. The van der Waals surface area contributed by atoms with Crippen molar-refractivity contribution in [3.8, 4) is 0 Å². The molecule has 140 valence electrons. The molecule has 1 N–H and O–H groups in total. The molecule has 1 aromatic carbocycles. The SMILES string of the molecule is Cc1nc([C@@H]2CCCN2CCN2CCN(Cc3ccccc3)CC2)n[nH]1. The maximum Gasteiger partial charge on any atom is 0.167 e. The van der Waals surface area contributed by atoms with E-state index in [0.717, 1.165) is 31.3 Å². The molecule has 0 unspecified atom stereocenters. The van der Waals surface area contributed by atoms with Gasteiger partial charge in [0.1, 0.15) is 5.82 Å². The Hall–Kier alpha value is -1.76. The monoisotopic (exact) mass is 354 g/mol. The molecule has 1 aromatic heterocycles. The number of piperazine rings is 1. The van der Waals surface area contributed by atoms with Crippen LogP contribution in [-0.2, 0) is 6.54 Å². The van der Waals surface area contributed by atoms with Crippen molar-refractivity contribution in [3.63, 3.8) is 0 Å². The predicted molar refractivity (Wildman–Crippen MR) is 103 cm³/mol. The highest BCUT2D eigenvalue weighted by Crippen LogP contribution is 2.29. The highest BCUT2D eigenvalue weighted by molar-refractivity contribution is 5.14. The summed E-state index contributed by atoms with van der Waals surface area (Å²) in [4.78, 5) is 12.3. The summed E-state index contributed by atoms with van der Waals surface area (Å²) >= 11 is 0. The maximum atomic E-state index is 4.56. The average molecular weight is 355 g/mol. The van der Waals surface area contributed by atoms with Gasteiger partial charge in [0.2, 0.25) is 0 Å². The Bertz CT molecular complexity index is 677. The zero-order chi connectivity index (χ0) is 17.8. The molecule has 0 bridgehead atoms. The first-order valence-electron chi connectivity index (χ1n) is 9.89. The third kappa shape index (κ3) is 4.31. The second kappa shape index (κ2) is 8.29. The molecule has 2 aromatic rings. The maximum absolute atomic E-state index is 4.56. The number of likely N-dealkylation sites (tertiary alicyclic amines) is 1. The van der Waals surface area contributed by atoms with Gasteiger partial charge in [0.05, 0.1) is 6.04 Å². The molecule has 0 spiro atoms. The van der Waals surface area contributed by atoms with Crippen molar-refractivity contribution in [1.29, 1.82) is 0 Å². The Morgan fingerprint density at radius 2 is 1.77 bits per heavy atom. The number of hydrogen-bond donors (Lipinski definition) is 1. The van der Waals surface area contributed by atoms with E-state index in [1.807, 2.05) is 6.92 Å². The Kier molecular flexibility index (Phi) is 5.62. The number of benzene rings is 1. The minimum absolute atomic E-state index is 0.402. The predicted octanol–water partition coefficient (Wildman–Crippen LogP) is 2.07. The molecule has 1 atom stereocenters. The van der Waals surface area contributed by atoms with Crippen LogP contribution in [0, 0.1) is 6.92 Å². The van der Waals surface area contributed by atoms with E-state index in [-0.39, 0.29) is 0 Å². The quantitative estimate of drug-likeness (QED) is 0.861. The molecule has 2 aliphatic rings. The third-order valence-electron chi connectivity index (χ3n) is 5.69. The number of rotatable bonds is 6. The molecular formula is C20H30N6. The summed E-state index contributed by atoms with van der Waals surface area (Å²) in [6, 6.07) is 11.2. The van der Waals surface area contributed by atoms with Crippen LogP contribution in [0.3, 0.4) is 0 Å². The van der Waals surface area contributed by atoms with Gasteiger partial charge < -0.3 is 0 Å². The van der Waals surface area contributed by atoms with Gasteiger partial charge in [0.15, 0.2) is 5.82 Å². The number of aromatic nitrogens is 3. The molecule has 2 fully saturated rings. The molecule has 3 heterocycles. The molecule has 2 saturated heterocycles. The Morgan fingerprint density at radius 1 is 1.00 bits per heavy atom. The Labute approximate surface area is 156 Å². The number of nitrogens with one attached hydrogen (secondary N) is 1. The van der Waals surface area contributed by atoms with E-state index in [9.17, 15) is 0 Å². The molecule has 4 rings (SSSR count). The van der Waals surface area contributed by atoms with Crippen molar-refractivity contribution in [1.82, 2.24) is 29.9 Å². The zero-order valence-corrected chi connectivity index (χ0v) is 15.8. The lowest BCUT2D eigenvalue weighted by Crippen LogP contribution is -2.48. The van der Waals surface area contributed by atoms with Gasteiger partial charge in [0, 0.05) is 45.8 Å². The lowest BCUT2D eigenvalue weighted by Gasteiger charge is -2.36. The van der Waals surface area contributed by atoms with Crippen molar-refractivity contribution >= 4 is 0 Å². The van der Waals surface area contributed by atoms with Crippen molar-refractivity contribution in [2.24, 2.45) is 0 Å². The molecule has 0 amide bonds. The minimum Gasteiger partial charge on any atom is -0.300 e. The van der Waals surface area contributed by atoms with Gasteiger partial charge in [-0.25, -0.2) is 4.98 Å². The molecule has 26 heavy (non-hydrogen) atoms. The van der Waals surface area contributed by atoms with Gasteiger partial charge in [0.25, 0.3) is 0 Å². The summed E-state index contributed by atoms with van der Waals surface area (Å²) in [6.07, 6.45) is 2.44. The zero-order valence-electron chi connectivity index (χ0n) is 15.8. The highest BCUT2D eigenvalue weighted by atomic mass is 15.3. The second-order valence-electron chi connectivity index (χ2n) is 7.58. The van der Waals surface area contributed by atoms with E-state index in [4.69, 9.17) is 0 Å². The fourth-order valence-corrected chi connectivity index (χ4v) is 4.18. The molecule has 6 nitrogen and oxygen atoms in total. The topological polar surface area (TPSA) is 51.3 Å². The first-order chi connectivity index (χ1) is 12.8. The summed E-state index contributed by atoms with van der Waals surface area (Å²) < 4.78 is 0. The standard InChI is InChI=1S/C20H30N6/c1-17-21-20(23-22-17)19-8-5-9-26(19)15-14-24-10-12-25(13-11-24)16-18-6-3-2-4-7-18/h2-4,6-7,19H,5,8-16H2,1H3,(H,21,22,23)/t19-/m0/s1. The summed E-state index contributed by atoms with van der Waals surface area (Å²) in [6.45, 7) is 11.2. The van der Waals surface area contributed by atoms with E-state index in [2.05, 4.69) is 60.2 Å². The number of aromatic amines is 1. The van der Waals surface area contributed by atoms with Crippen LogP contribution in [0.1, 0.15) is 36.1 Å². The average Bonchev–Trinajstić information content (AvgIpc) is 3.30. The van der Waals surface area contributed by atoms with Gasteiger partial charge >= 0.3 is 0 Å². The van der Waals surface area contributed by atoms with Crippen LogP contribution < -0.4 is 0 Å². The number of nitrogens with zero attached hydrogens (tertiary/aromatic N) is 5. The van der Waals surface area contributed by atoms with Crippen molar-refractivity contribution in [2.75, 3.05) is 45.8 Å². The summed E-state index contributed by atoms with van der Waals surface area (Å²) in [5.74, 6) is 1.90. The summed E-state index contributed by atoms with van der Waals surface area (Å²) in [5.41, 5.74) is 1.42. The van der Waals surface area contributed by atoms with Gasteiger partial charge in [-0.1, -0.05) is 30.3 Å². The van der Waals surface area contributed by atoms with Crippen LogP contribution in [-0.4, -0.2) is 75.7 Å².